The number of aromatic nitrogens is 1. The van der Waals surface area contributed by atoms with Crippen LogP contribution in [0.15, 0.2) is 48.7 Å². The van der Waals surface area contributed by atoms with Gasteiger partial charge in [0.1, 0.15) is 0 Å². The van der Waals surface area contributed by atoms with Crippen molar-refractivity contribution < 1.29 is 9.18 Å². The Morgan fingerprint density at radius 3 is 2.63 bits per heavy atom. The second-order valence-electron chi connectivity index (χ2n) is 4.16. The molecule has 1 atom stereocenters. The van der Waals surface area contributed by atoms with Crippen molar-refractivity contribution >= 4 is 11.6 Å². The van der Waals surface area contributed by atoms with Crippen molar-refractivity contribution in [1.29, 1.82) is 0 Å². The summed E-state index contributed by atoms with van der Waals surface area (Å²) in [6.07, 6.45) is 1.70. The zero-order chi connectivity index (χ0) is 13.7. The third kappa shape index (κ3) is 3.86. The van der Waals surface area contributed by atoms with Crippen molar-refractivity contribution in [1.82, 2.24) is 4.98 Å². The molecule has 19 heavy (non-hydrogen) atoms. The van der Waals surface area contributed by atoms with E-state index in [1.165, 1.54) is 18.3 Å². The Bertz CT molecular complexity index is 542. The molecule has 1 aromatic heterocycles. The molecule has 0 radical (unpaired) electrons. The van der Waals surface area contributed by atoms with Gasteiger partial charge in [-0.25, -0.2) is 4.98 Å². The van der Waals surface area contributed by atoms with Gasteiger partial charge < -0.3 is 11.1 Å². The van der Waals surface area contributed by atoms with Gasteiger partial charge in [0.2, 0.25) is 11.9 Å². The number of hydrogen-bond acceptors (Lipinski definition) is 3. The highest BCUT2D eigenvalue weighted by Gasteiger charge is 2.14. The summed E-state index contributed by atoms with van der Waals surface area (Å²) in [7, 11) is 0. The van der Waals surface area contributed by atoms with Gasteiger partial charge in [0.15, 0.2) is 0 Å². The number of carbonyl (C=O) groups excluding carboxylic acids is 1. The van der Waals surface area contributed by atoms with Crippen LogP contribution in [0.25, 0.3) is 0 Å². The minimum absolute atomic E-state index is 0.322. The zero-order valence-electron chi connectivity index (χ0n) is 10.2. The second-order valence-corrected chi connectivity index (χ2v) is 4.16. The van der Waals surface area contributed by atoms with Gasteiger partial charge in [-0.3, -0.25) is 4.79 Å². The number of pyridine rings is 1. The first kappa shape index (κ1) is 13.2. The van der Waals surface area contributed by atoms with Crippen molar-refractivity contribution in [3.05, 3.63) is 60.2 Å². The molecular weight excluding hydrogens is 245 g/mol. The summed E-state index contributed by atoms with van der Waals surface area (Å²) in [5.74, 6) is -0.913. The smallest absolute Gasteiger partial charge is 0.241 e. The van der Waals surface area contributed by atoms with E-state index in [-0.39, 0.29) is 5.91 Å². The van der Waals surface area contributed by atoms with Crippen LogP contribution in [-0.4, -0.2) is 16.9 Å². The molecule has 2 aromatic rings. The molecule has 0 aliphatic carbocycles. The summed E-state index contributed by atoms with van der Waals surface area (Å²) in [5, 5.41) is 2.60. The SMILES string of the molecule is NC(Cc1ccccc1)C(=O)Nc1ccc(F)nc1. The fraction of sp³-hybridized carbons (Fsp3) is 0.143. The molecule has 0 saturated heterocycles. The first-order valence-corrected chi connectivity index (χ1v) is 5.87. The minimum atomic E-state index is -0.660. The minimum Gasteiger partial charge on any atom is -0.323 e. The fourth-order valence-electron chi connectivity index (χ4n) is 1.65. The van der Waals surface area contributed by atoms with Crippen molar-refractivity contribution in [2.45, 2.75) is 12.5 Å². The average molecular weight is 259 g/mol. The number of rotatable bonds is 4. The first-order chi connectivity index (χ1) is 9.15. The fourth-order valence-corrected chi connectivity index (χ4v) is 1.65. The van der Waals surface area contributed by atoms with Crippen LogP contribution in [0.4, 0.5) is 10.1 Å². The molecule has 1 amide bonds. The van der Waals surface area contributed by atoms with Crippen LogP contribution < -0.4 is 11.1 Å². The van der Waals surface area contributed by atoms with Crippen molar-refractivity contribution in [2.75, 3.05) is 5.32 Å². The lowest BCUT2D eigenvalue weighted by Crippen LogP contribution is -2.37. The molecular formula is C14H14FN3O. The van der Waals surface area contributed by atoms with Crippen LogP contribution in [-0.2, 0) is 11.2 Å². The average Bonchev–Trinajstić information content (AvgIpc) is 2.42. The van der Waals surface area contributed by atoms with Gasteiger partial charge in [-0.15, -0.1) is 0 Å². The summed E-state index contributed by atoms with van der Waals surface area (Å²) in [6, 6.07) is 11.5. The number of nitrogens with one attached hydrogen (secondary N) is 1. The van der Waals surface area contributed by atoms with E-state index >= 15 is 0 Å². The Morgan fingerprint density at radius 2 is 2.00 bits per heavy atom. The highest BCUT2D eigenvalue weighted by Crippen LogP contribution is 2.07. The molecule has 0 spiro atoms. The van der Waals surface area contributed by atoms with E-state index in [1.54, 1.807) is 0 Å². The molecule has 1 aromatic carbocycles. The van der Waals surface area contributed by atoms with Gasteiger partial charge in [-0.1, -0.05) is 30.3 Å². The number of nitrogens with zero attached hydrogens (tertiary/aromatic N) is 1. The van der Waals surface area contributed by atoms with Gasteiger partial charge in [-0.2, -0.15) is 4.39 Å². The van der Waals surface area contributed by atoms with Gasteiger partial charge in [0, 0.05) is 0 Å². The van der Waals surface area contributed by atoms with Crippen LogP contribution in [0.2, 0.25) is 0 Å². The molecule has 0 saturated carbocycles. The maximum absolute atomic E-state index is 12.6. The van der Waals surface area contributed by atoms with Crippen LogP contribution in [0, 0.1) is 5.95 Å². The van der Waals surface area contributed by atoms with E-state index in [1.807, 2.05) is 30.3 Å². The maximum Gasteiger partial charge on any atom is 0.241 e. The highest BCUT2D eigenvalue weighted by atomic mass is 19.1. The predicted molar refractivity (Wildman–Crippen MR) is 70.9 cm³/mol. The largest absolute Gasteiger partial charge is 0.323 e. The lowest BCUT2D eigenvalue weighted by atomic mass is 10.1. The van der Waals surface area contributed by atoms with Crippen LogP contribution >= 0.6 is 0 Å². The summed E-state index contributed by atoms with van der Waals surface area (Å²) in [6.45, 7) is 0. The van der Waals surface area contributed by atoms with Crippen molar-refractivity contribution in [3.63, 3.8) is 0 Å². The van der Waals surface area contributed by atoms with Crippen LogP contribution in [0.1, 0.15) is 5.56 Å². The molecule has 0 bridgehead atoms. The topological polar surface area (TPSA) is 68.0 Å². The number of benzene rings is 1. The molecule has 1 unspecified atom stereocenters. The second kappa shape index (κ2) is 6.06. The van der Waals surface area contributed by atoms with E-state index in [0.29, 0.717) is 12.1 Å². The van der Waals surface area contributed by atoms with Gasteiger partial charge >= 0.3 is 0 Å². The maximum atomic E-state index is 12.6. The van der Waals surface area contributed by atoms with Crippen LogP contribution in [0.3, 0.4) is 0 Å². The third-order valence-electron chi connectivity index (χ3n) is 2.63. The molecule has 1 heterocycles. The summed E-state index contributed by atoms with van der Waals surface area (Å²) in [5.41, 5.74) is 7.23. The van der Waals surface area contributed by atoms with Crippen molar-refractivity contribution in [3.8, 4) is 0 Å². The predicted octanol–water partition coefficient (Wildman–Crippen LogP) is 1.73. The van der Waals surface area contributed by atoms with Gasteiger partial charge in [-0.05, 0) is 24.1 Å². The monoisotopic (exact) mass is 259 g/mol. The molecule has 0 fully saturated rings. The van der Waals surface area contributed by atoms with Crippen LogP contribution in [0.5, 0.6) is 0 Å². The number of carbonyl (C=O) groups is 1. The molecule has 0 aliphatic heterocycles. The van der Waals surface area contributed by atoms with E-state index in [0.717, 1.165) is 5.56 Å². The van der Waals surface area contributed by atoms with Gasteiger partial charge in [0.05, 0.1) is 17.9 Å². The third-order valence-corrected chi connectivity index (χ3v) is 2.63. The first-order valence-electron chi connectivity index (χ1n) is 5.87. The Labute approximate surface area is 110 Å². The molecule has 2 rings (SSSR count). The number of anilines is 1. The van der Waals surface area contributed by atoms with Crippen molar-refractivity contribution in [2.24, 2.45) is 5.73 Å². The Hall–Kier alpha value is -2.27. The standard InChI is InChI=1S/C14H14FN3O/c15-13-7-6-11(9-17-13)18-14(19)12(16)8-10-4-2-1-3-5-10/h1-7,9,12H,8,16H2,(H,18,19). The zero-order valence-corrected chi connectivity index (χ0v) is 10.2. The molecule has 98 valence electrons. The highest BCUT2D eigenvalue weighted by molar-refractivity contribution is 5.94. The number of halogens is 1. The lowest BCUT2D eigenvalue weighted by molar-refractivity contribution is -0.117. The van der Waals surface area contributed by atoms with E-state index in [9.17, 15) is 9.18 Å². The quantitative estimate of drug-likeness (QED) is 0.822. The normalized spacial score (nSPS) is 11.9. The number of hydrogen-bond donors (Lipinski definition) is 2. The number of amides is 1. The molecule has 5 heteroatoms. The lowest BCUT2D eigenvalue weighted by Gasteiger charge is -2.12. The van der Waals surface area contributed by atoms with E-state index in [4.69, 9.17) is 5.73 Å². The Morgan fingerprint density at radius 1 is 1.26 bits per heavy atom. The summed E-state index contributed by atoms with van der Waals surface area (Å²) >= 11 is 0. The summed E-state index contributed by atoms with van der Waals surface area (Å²) in [4.78, 5) is 15.3. The summed E-state index contributed by atoms with van der Waals surface area (Å²) < 4.78 is 12.6. The Balaban J connectivity index is 1.94. The number of nitrogens with two attached hydrogens (primary N) is 1. The molecule has 0 aliphatic rings. The van der Waals surface area contributed by atoms with E-state index < -0.39 is 12.0 Å². The Kier molecular flexibility index (Phi) is 4.20. The molecule has 4 nitrogen and oxygen atoms in total. The van der Waals surface area contributed by atoms with Gasteiger partial charge in [0.25, 0.3) is 0 Å². The molecule has 3 N–H and O–H groups in total. The van der Waals surface area contributed by atoms with E-state index in [2.05, 4.69) is 10.3 Å².